The number of aliphatic imine (C=N–C) groups is 1. The summed E-state index contributed by atoms with van der Waals surface area (Å²) < 4.78 is 21.9. The number of rotatable bonds is 33. The standard InChI is InChI=1S/C67H75ClN6O13/c1-45-34-54(75)35-46(2)55(45)37-53(39-61(77)84-41-48-22-9-4-10-23-48)65(81)72-57(31-19-33-70-60(40-62(78)85-42-49-24-11-5-12-25-49)74-67(83)86-43-50-26-13-6-14-27-50)59(76)38-52(36-47-20-7-3-8-21-47)64(80)73-58(63(69)79)30-17-18-32-71-66(82)87-44-51-28-15-16-29-56(51)68/h3-16,20-29,34-35,52-53,57-58,75H,17-19,30-33,36-44H2,1-2H3,(H2,69,79)(H,71,82)(H,72,81)(H,73,80)(H,70,74,83)/t52-,53-,57-,58+/m1/s1. The van der Waals surface area contributed by atoms with Gasteiger partial charge in [0.15, 0.2) is 5.78 Å². The average Bonchev–Trinajstić information content (AvgIpc) is 3.16. The van der Waals surface area contributed by atoms with Gasteiger partial charge in [-0.1, -0.05) is 151 Å². The number of halogens is 1. The summed E-state index contributed by atoms with van der Waals surface area (Å²) in [6.07, 6.45) is -1.94. The third-order valence-corrected chi connectivity index (χ3v) is 14.5. The highest BCUT2D eigenvalue weighted by molar-refractivity contribution is 6.31. The van der Waals surface area contributed by atoms with Crippen molar-refractivity contribution in [1.29, 1.82) is 0 Å². The number of phenols is 1. The van der Waals surface area contributed by atoms with E-state index in [-0.39, 0.29) is 83.2 Å². The second-order valence-corrected chi connectivity index (χ2v) is 21.4. The zero-order valence-electron chi connectivity index (χ0n) is 48.9. The largest absolute Gasteiger partial charge is 0.508 e. The Kier molecular flexibility index (Phi) is 27.5. The molecule has 0 aliphatic carbocycles. The van der Waals surface area contributed by atoms with Crippen molar-refractivity contribution in [3.8, 4) is 5.75 Å². The molecule has 0 unspecified atom stereocenters. The van der Waals surface area contributed by atoms with Gasteiger partial charge in [0, 0.05) is 36.0 Å². The predicted molar refractivity (Wildman–Crippen MR) is 328 cm³/mol. The molecule has 5 amide bonds. The maximum absolute atomic E-state index is 15.0. The molecule has 19 nitrogen and oxygen atoms in total. The van der Waals surface area contributed by atoms with E-state index in [2.05, 4.69) is 26.3 Å². The molecule has 0 spiro atoms. The van der Waals surface area contributed by atoms with Gasteiger partial charge >= 0.3 is 24.1 Å². The number of nitrogens with two attached hydrogens (primary N) is 1. The highest BCUT2D eigenvalue weighted by atomic mass is 35.5. The van der Waals surface area contributed by atoms with E-state index in [4.69, 9.17) is 36.3 Å². The van der Waals surface area contributed by atoms with Crippen LogP contribution >= 0.6 is 11.6 Å². The van der Waals surface area contributed by atoms with E-state index in [1.54, 1.807) is 153 Å². The monoisotopic (exact) mass is 1210 g/mol. The van der Waals surface area contributed by atoms with E-state index in [0.29, 0.717) is 45.7 Å². The first-order valence-corrected chi connectivity index (χ1v) is 29.2. The summed E-state index contributed by atoms with van der Waals surface area (Å²) in [5, 5.41) is 21.7. The number of hydrogen-bond acceptors (Lipinski definition) is 14. The molecule has 6 aromatic carbocycles. The van der Waals surface area contributed by atoms with E-state index < -0.39 is 90.8 Å². The lowest BCUT2D eigenvalue weighted by Gasteiger charge is -2.25. The van der Waals surface area contributed by atoms with E-state index in [0.717, 1.165) is 16.7 Å². The van der Waals surface area contributed by atoms with E-state index in [1.165, 1.54) is 0 Å². The second-order valence-electron chi connectivity index (χ2n) is 21.0. The van der Waals surface area contributed by atoms with Gasteiger partial charge in [0.1, 0.15) is 50.5 Å². The first-order valence-electron chi connectivity index (χ1n) is 28.8. The van der Waals surface area contributed by atoms with Gasteiger partial charge in [-0.15, -0.1) is 0 Å². The zero-order valence-corrected chi connectivity index (χ0v) is 49.6. The van der Waals surface area contributed by atoms with Crippen LogP contribution in [0.3, 0.4) is 0 Å². The molecule has 4 atom stereocenters. The van der Waals surface area contributed by atoms with Crippen LogP contribution in [0, 0.1) is 25.7 Å². The van der Waals surface area contributed by atoms with Crippen LogP contribution < -0.4 is 27.0 Å². The number of unbranched alkanes of at least 4 members (excludes halogenated alkanes) is 1. The van der Waals surface area contributed by atoms with Crippen LogP contribution in [-0.4, -0.2) is 83.7 Å². The molecule has 0 aliphatic heterocycles. The number of nitrogens with one attached hydrogen (secondary N) is 4. The smallest absolute Gasteiger partial charge is 0.412 e. The fraction of sp³-hybridized carbons (Fsp3) is 0.328. The number of aromatic hydroxyl groups is 1. The summed E-state index contributed by atoms with van der Waals surface area (Å²) in [6, 6.07) is 43.5. The van der Waals surface area contributed by atoms with Gasteiger partial charge in [-0.25, -0.2) is 9.59 Å². The fourth-order valence-electron chi connectivity index (χ4n) is 9.44. The molecule has 20 heteroatoms. The Morgan fingerprint density at radius 2 is 1.05 bits per heavy atom. The molecule has 0 bridgehead atoms. The zero-order chi connectivity index (χ0) is 62.3. The summed E-state index contributed by atoms with van der Waals surface area (Å²) in [4.78, 5) is 114. The molecule has 458 valence electrons. The van der Waals surface area contributed by atoms with Gasteiger partial charge in [-0.2, -0.15) is 0 Å². The van der Waals surface area contributed by atoms with Crippen molar-refractivity contribution in [1.82, 2.24) is 21.3 Å². The minimum absolute atomic E-state index is 0.0163. The number of Topliss-reactive ketones (excluding diaryl/α,β-unsaturated/α-hetero) is 1. The number of amidine groups is 1. The Morgan fingerprint density at radius 3 is 1.62 bits per heavy atom. The summed E-state index contributed by atoms with van der Waals surface area (Å²) >= 11 is 6.18. The number of esters is 2. The number of aryl methyl sites for hydroxylation is 2. The van der Waals surface area contributed by atoms with Crippen LogP contribution in [0.4, 0.5) is 9.59 Å². The lowest BCUT2D eigenvalue weighted by molar-refractivity contribution is -0.148. The minimum Gasteiger partial charge on any atom is -0.508 e. The Balaban J connectivity index is 1.22. The highest BCUT2D eigenvalue weighted by Gasteiger charge is 2.33. The lowest BCUT2D eigenvalue weighted by Crippen LogP contribution is -2.49. The first-order chi connectivity index (χ1) is 42.0. The normalized spacial score (nSPS) is 12.5. The molecule has 0 heterocycles. The van der Waals surface area contributed by atoms with Crippen molar-refractivity contribution in [2.45, 2.75) is 117 Å². The van der Waals surface area contributed by atoms with Crippen molar-refractivity contribution in [2.24, 2.45) is 22.6 Å². The molecule has 6 rings (SSSR count). The maximum atomic E-state index is 15.0. The number of ether oxygens (including phenoxy) is 4. The van der Waals surface area contributed by atoms with E-state index in [1.807, 2.05) is 18.2 Å². The summed E-state index contributed by atoms with van der Waals surface area (Å²) in [5.74, 6) is -6.36. The number of alkyl carbamates (subject to hydrolysis) is 2. The number of amides is 5. The summed E-state index contributed by atoms with van der Waals surface area (Å²) in [5.41, 5.74) is 11.4. The second kappa shape index (κ2) is 35.8. The topological polar surface area (TPSA) is 280 Å². The average molecular weight is 1210 g/mol. The van der Waals surface area contributed by atoms with Gasteiger partial charge in [0.2, 0.25) is 17.7 Å². The van der Waals surface area contributed by atoms with Crippen LogP contribution in [0.25, 0.3) is 0 Å². The number of carbonyl (C=O) groups excluding carboxylic acids is 8. The highest BCUT2D eigenvalue weighted by Crippen LogP contribution is 2.26. The Morgan fingerprint density at radius 1 is 0.552 bits per heavy atom. The molecule has 0 saturated heterocycles. The third kappa shape index (κ3) is 24.3. The Bertz CT molecular complexity index is 3180. The molecule has 0 saturated carbocycles. The number of carbonyl (C=O) groups is 8. The summed E-state index contributed by atoms with van der Waals surface area (Å²) in [7, 11) is 0. The van der Waals surface area contributed by atoms with Crippen LogP contribution in [0.1, 0.15) is 95.9 Å². The molecule has 87 heavy (non-hydrogen) atoms. The summed E-state index contributed by atoms with van der Waals surface area (Å²) in [6.45, 7) is 3.44. The number of primary amides is 1. The number of nitrogens with zero attached hydrogens (tertiary/aromatic N) is 1. The molecule has 6 aromatic rings. The van der Waals surface area contributed by atoms with Gasteiger partial charge in [0.05, 0.1) is 18.4 Å². The molecular formula is C67H75ClN6O13. The quantitative estimate of drug-likeness (QED) is 0.00737. The SMILES string of the molecule is Cc1cc(O)cc(C)c1C[C@H](CC(=O)OCc1ccccc1)C(=O)N[C@H](CCCN=C(CC(=O)OCc1ccccc1)NC(=O)OCc1ccccc1)C(=O)C[C@@H](Cc1ccccc1)C(=O)N[C@@H](CCCCNC(=O)OCc1ccccc1Cl)C(N)=O. The maximum Gasteiger partial charge on any atom is 0.412 e. The first kappa shape index (κ1) is 66.8. The number of ketones is 1. The van der Waals surface area contributed by atoms with Crippen LogP contribution in [0.15, 0.2) is 163 Å². The van der Waals surface area contributed by atoms with Gasteiger partial charge in [0.25, 0.3) is 0 Å². The van der Waals surface area contributed by atoms with Crippen molar-refractivity contribution in [3.63, 3.8) is 0 Å². The Hall–Kier alpha value is -9.36. The lowest BCUT2D eigenvalue weighted by atomic mass is 9.88. The van der Waals surface area contributed by atoms with Gasteiger partial charge < -0.3 is 45.7 Å². The van der Waals surface area contributed by atoms with E-state index >= 15 is 4.79 Å². The van der Waals surface area contributed by atoms with Crippen LogP contribution in [0.5, 0.6) is 5.75 Å². The van der Waals surface area contributed by atoms with Gasteiger partial charge in [-0.3, -0.25) is 39.1 Å². The molecule has 0 aliphatic rings. The predicted octanol–water partition coefficient (Wildman–Crippen LogP) is 9.56. The number of benzene rings is 6. The molecule has 0 radical (unpaired) electrons. The van der Waals surface area contributed by atoms with Crippen molar-refractivity contribution >= 4 is 65.1 Å². The van der Waals surface area contributed by atoms with Crippen molar-refractivity contribution in [3.05, 3.63) is 207 Å². The van der Waals surface area contributed by atoms with Gasteiger partial charge in [-0.05, 0) is 116 Å². The fourth-order valence-corrected chi connectivity index (χ4v) is 9.63. The van der Waals surface area contributed by atoms with Crippen molar-refractivity contribution < 1.29 is 62.4 Å². The molecule has 7 N–H and O–H groups in total. The van der Waals surface area contributed by atoms with Crippen LogP contribution in [-0.2, 0) is 87.0 Å². The number of phenolic OH excluding ortho intramolecular Hbond substituents is 1. The van der Waals surface area contributed by atoms with Crippen LogP contribution in [0.2, 0.25) is 5.02 Å². The third-order valence-electron chi connectivity index (χ3n) is 14.1. The van der Waals surface area contributed by atoms with E-state index in [9.17, 15) is 38.7 Å². The number of hydrogen-bond donors (Lipinski definition) is 6. The molecule has 0 fully saturated rings. The molecular weight excluding hydrogens is 1130 g/mol. The molecule has 0 aromatic heterocycles. The Labute approximate surface area is 511 Å². The minimum atomic E-state index is -1.30. The van der Waals surface area contributed by atoms with Crippen molar-refractivity contribution in [2.75, 3.05) is 13.1 Å².